The number of benzene rings is 1. The average Bonchev–Trinajstić information content (AvgIpc) is 2.66. The first kappa shape index (κ1) is 19.7. The highest BCUT2D eigenvalue weighted by Gasteiger charge is 2.34. The summed E-state index contributed by atoms with van der Waals surface area (Å²) in [6, 6.07) is 3.58. The average molecular weight is 404 g/mol. The highest BCUT2D eigenvalue weighted by atomic mass is 35.5. The molecule has 1 aromatic carbocycles. The summed E-state index contributed by atoms with van der Waals surface area (Å²) in [4.78, 5) is 10.2. The Kier molecular flexibility index (Phi) is 6.03. The Morgan fingerprint density at radius 1 is 1.30 bits per heavy atom. The molecule has 0 radical (unpaired) electrons. The Balaban J connectivity index is 1.68. The Bertz CT molecular complexity index is 774. The van der Waals surface area contributed by atoms with Crippen molar-refractivity contribution in [3.63, 3.8) is 0 Å². The zero-order valence-corrected chi connectivity index (χ0v) is 14.9. The Morgan fingerprint density at radius 3 is 2.70 bits per heavy atom. The molecule has 1 aromatic heterocycles. The molecule has 3 rings (SSSR count). The molecule has 6 nitrogen and oxygen atoms in total. The van der Waals surface area contributed by atoms with E-state index in [1.165, 1.54) is 24.5 Å². The van der Waals surface area contributed by atoms with Gasteiger partial charge in [0.2, 0.25) is 5.95 Å². The molecule has 1 atom stereocenters. The van der Waals surface area contributed by atoms with Gasteiger partial charge < -0.3 is 19.5 Å². The van der Waals surface area contributed by atoms with Gasteiger partial charge >= 0.3 is 6.18 Å². The number of aromatic nitrogens is 2. The number of anilines is 1. The van der Waals surface area contributed by atoms with E-state index >= 15 is 0 Å². The molecule has 146 valence electrons. The quantitative estimate of drug-likeness (QED) is 0.828. The van der Waals surface area contributed by atoms with E-state index in [-0.39, 0.29) is 35.7 Å². The fraction of sp³-hybridized carbons (Fsp3) is 0.412. The van der Waals surface area contributed by atoms with Crippen molar-refractivity contribution in [1.29, 1.82) is 0 Å². The number of halogens is 4. The predicted molar refractivity (Wildman–Crippen MR) is 91.9 cm³/mol. The van der Waals surface area contributed by atoms with Gasteiger partial charge in [0.1, 0.15) is 6.61 Å². The second-order valence-electron chi connectivity index (χ2n) is 5.89. The summed E-state index contributed by atoms with van der Waals surface area (Å²) in [5.74, 6) is 0.650. The lowest BCUT2D eigenvalue weighted by Gasteiger charge is -2.31. The van der Waals surface area contributed by atoms with Gasteiger partial charge in [0.05, 0.1) is 37.3 Å². The van der Waals surface area contributed by atoms with Crippen LogP contribution in [0.4, 0.5) is 19.1 Å². The number of aliphatic hydroxyl groups excluding tert-OH is 1. The molecule has 1 aliphatic heterocycles. The lowest BCUT2D eigenvalue weighted by atomic mass is 10.1. The van der Waals surface area contributed by atoms with Crippen molar-refractivity contribution in [2.24, 2.45) is 0 Å². The number of ether oxygens (including phenoxy) is 2. The highest BCUT2D eigenvalue weighted by Crippen LogP contribution is 2.35. The number of hydrogen-bond acceptors (Lipinski definition) is 6. The van der Waals surface area contributed by atoms with Crippen molar-refractivity contribution in [1.82, 2.24) is 9.97 Å². The number of alkyl halides is 3. The monoisotopic (exact) mass is 403 g/mol. The van der Waals surface area contributed by atoms with Crippen LogP contribution < -0.4 is 9.64 Å². The third-order valence-electron chi connectivity index (χ3n) is 4.05. The molecule has 2 aromatic rings. The van der Waals surface area contributed by atoms with E-state index in [2.05, 4.69) is 9.97 Å². The topological polar surface area (TPSA) is 67.7 Å². The van der Waals surface area contributed by atoms with Crippen molar-refractivity contribution >= 4 is 17.5 Å². The first-order valence-corrected chi connectivity index (χ1v) is 8.53. The van der Waals surface area contributed by atoms with Gasteiger partial charge in [-0.3, -0.25) is 0 Å². The maximum atomic E-state index is 13.1. The summed E-state index contributed by atoms with van der Waals surface area (Å²) in [6.07, 6.45) is -2.06. The van der Waals surface area contributed by atoms with E-state index < -0.39 is 11.7 Å². The summed E-state index contributed by atoms with van der Waals surface area (Å²) < 4.78 is 50.1. The largest absolute Gasteiger partial charge is 0.486 e. The molecule has 0 spiro atoms. The van der Waals surface area contributed by atoms with Crippen LogP contribution in [0, 0.1) is 0 Å². The van der Waals surface area contributed by atoms with E-state index in [1.807, 2.05) is 4.90 Å². The van der Waals surface area contributed by atoms with Crippen molar-refractivity contribution in [3.8, 4) is 5.75 Å². The molecule has 1 aliphatic rings. The van der Waals surface area contributed by atoms with Crippen molar-refractivity contribution < 1.29 is 27.8 Å². The molecule has 0 aliphatic carbocycles. The normalized spacial score (nSPS) is 17.8. The molecule has 1 saturated heterocycles. The van der Waals surface area contributed by atoms with Crippen LogP contribution in [0.25, 0.3) is 0 Å². The Hall–Kier alpha value is -2.10. The molecule has 0 bridgehead atoms. The molecule has 10 heteroatoms. The fourth-order valence-corrected chi connectivity index (χ4v) is 2.91. The van der Waals surface area contributed by atoms with E-state index in [4.69, 9.17) is 21.1 Å². The van der Waals surface area contributed by atoms with Gasteiger partial charge in [-0.15, -0.1) is 0 Å². The Morgan fingerprint density at radius 2 is 2.04 bits per heavy atom. The van der Waals surface area contributed by atoms with Gasteiger partial charge in [-0.1, -0.05) is 17.7 Å². The van der Waals surface area contributed by atoms with Gasteiger partial charge in [0.15, 0.2) is 5.75 Å². The number of hydrogen-bond donors (Lipinski definition) is 1. The molecule has 1 unspecified atom stereocenters. The standard InChI is InChI=1S/C17H17ClF3N3O3/c18-15-3-1-2-14(17(19,20)21)13(15)10-27-11-6-22-16(23-7-11)24-4-5-26-12(8-24)9-25/h1-3,6-7,12,25H,4-5,8-10H2. The van der Waals surface area contributed by atoms with Crippen LogP contribution in [0.1, 0.15) is 11.1 Å². The third-order valence-corrected chi connectivity index (χ3v) is 4.40. The van der Waals surface area contributed by atoms with Gasteiger partial charge in [0, 0.05) is 23.7 Å². The van der Waals surface area contributed by atoms with E-state index in [1.54, 1.807) is 0 Å². The number of nitrogens with zero attached hydrogens (tertiary/aromatic N) is 3. The van der Waals surface area contributed by atoms with Crippen LogP contribution in [0.15, 0.2) is 30.6 Å². The summed E-state index contributed by atoms with van der Waals surface area (Å²) in [5.41, 5.74) is -0.981. The number of aliphatic hydroxyl groups is 1. The molecular weight excluding hydrogens is 387 g/mol. The van der Waals surface area contributed by atoms with Crippen LogP contribution in [0.3, 0.4) is 0 Å². The lowest BCUT2D eigenvalue weighted by Crippen LogP contribution is -2.44. The summed E-state index contributed by atoms with van der Waals surface area (Å²) in [7, 11) is 0. The van der Waals surface area contributed by atoms with Crippen molar-refractivity contribution in [2.75, 3.05) is 31.2 Å². The number of morpholine rings is 1. The first-order chi connectivity index (χ1) is 12.9. The van der Waals surface area contributed by atoms with Gasteiger partial charge in [-0.2, -0.15) is 13.2 Å². The zero-order valence-electron chi connectivity index (χ0n) is 14.1. The minimum atomic E-state index is -4.52. The smallest absolute Gasteiger partial charge is 0.416 e. The maximum absolute atomic E-state index is 13.1. The second-order valence-corrected chi connectivity index (χ2v) is 6.30. The van der Waals surface area contributed by atoms with Crippen LogP contribution in [0.2, 0.25) is 5.02 Å². The molecular formula is C17H17ClF3N3O3. The van der Waals surface area contributed by atoms with Crippen LogP contribution in [-0.2, 0) is 17.5 Å². The van der Waals surface area contributed by atoms with Crippen molar-refractivity contribution in [3.05, 3.63) is 46.7 Å². The SMILES string of the molecule is OCC1CN(c2ncc(OCc3c(Cl)cccc3C(F)(F)F)cn2)CCO1. The van der Waals surface area contributed by atoms with Gasteiger partial charge in [-0.05, 0) is 12.1 Å². The zero-order chi connectivity index (χ0) is 19.4. The van der Waals surface area contributed by atoms with Crippen LogP contribution >= 0.6 is 11.6 Å². The molecule has 2 heterocycles. The van der Waals surface area contributed by atoms with Gasteiger partial charge in [-0.25, -0.2) is 9.97 Å². The predicted octanol–water partition coefficient (Wildman–Crippen LogP) is 2.93. The summed E-state index contributed by atoms with van der Waals surface area (Å²) >= 11 is 5.91. The minimum absolute atomic E-state index is 0.0225. The number of rotatable bonds is 5. The maximum Gasteiger partial charge on any atom is 0.416 e. The molecule has 1 fully saturated rings. The lowest BCUT2D eigenvalue weighted by molar-refractivity contribution is -0.138. The summed E-state index contributed by atoms with van der Waals surface area (Å²) in [6.45, 7) is 1.01. The van der Waals surface area contributed by atoms with E-state index in [0.717, 1.165) is 6.07 Å². The molecule has 1 N–H and O–H groups in total. The second kappa shape index (κ2) is 8.28. The minimum Gasteiger partial charge on any atom is -0.486 e. The summed E-state index contributed by atoms with van der Waals surface area (Å²) in [5, 5.41) is 9.15. The fourth-order valence-electron chi connectivity index (χ4n) is 2.69. The van der Waals surface area contributed by atoms with Crippen molar-refractivity contribution in [2.45, 2.75) is 18.9 Å². The Labute approximate surface area is 158 Å². The highest BCUT2D eigenvalue weighted by molar-refractivity contribution is 6.31. The van der Waals surface area contributed by atoms with Crippen LogP contribution in [-0.4, -0.2) is 47.5 Å². The van der Waals surface area contributed by atoms with E-state index in [9.17, 15) is 18.3 Å². The molecule has 0 saturated carbocycles. The van der Waals surface area contributed by atoms with Gasteiger partial charge in [0.25, 0.3) is 0 Å². The molecule has 0 amide bonds. The molecule has 27 heavy (non-hydrogen) atoms. The van der Waals surface area contributed by atoms with E-state index in [0.29, 0.717) is 25.6 Å². The first-order valence-electron chi connectivity index (χ1n) is 8.15. The van der Waals surface area contributed by atoms with Crippen LogP contribution in [0.5, 0.6) is 5.75 Å². The third kappa shape index (κ3) is 4.79.